The summed E-state index contributed by atoms with van der Waals surface area (Å²) in [4.78, 5) is 14.6. The van der Waals surface area contributed by atoms with E-state index in [0.717, 1.165) is 5.69 Å². The van der Waals surface area contributed by atoms with Gasteiger partial charge in [-0.25, -0.2) is 0 Å². The summed E-state index contributed by atoms with van der Waals surface area (Å²) in [5.41, 5.74) is 2.01. The van der Waals surface area contributed by atoms with Gasteiger partial charge in [-0.2, -0.15) is 0 Å². The van der Waals surface area contributed by atoms with Crippen molar-refractivity contribution in [2.75, 3.05) is 12.4 Å². The van der Waals surface area contributed by atoms with Gasteiger partial charge >= 0.3 is 0 Å². The molecular weight excluding hydrogens is 278 g/mol. The Kier molecular flexibility index (Phi) is 4.32. The van der Waals surface area contributed by atoms with Gasteiger partial charge in [0.2, 0.25) is 0 Å². The van der Waals surface area contributed by atoms with Crippen molar-refractivity contribution >= 4 is 34.9 Å². The molecule has 0 fully saturated rings. The Labute approximate surface area is 121 Å². The fourth-order valence-corrected chi connectivity index (χ4v) is 1.88. The number of rotatable bonds is 4. The summed E-state index contributed by atoms with van der Waals surface area (Å²) in [6.07, 6.45) is 1.56. The maximum Gasteiger partial charge on any atom is 0.270 e. The zero-order chi connectivity index (χ0) is 14.5. The third-order valence-corrected chi connectivity index (χ3v) is 3.03. The Morgan fingerprint density at radius 2 is 2.05 bits per heavy atom. The van der Waals surface area contributed by atoms with E-state index in [2.05, 4.69) is 10.3 Å². The molecular formula is C14H12ClN3O2. The molecule has 0 bridgehead atoms. The quantitative estimate of drug-likeness (QED) is 0.525. The maximum atomic E-state index is 10.8. The van der Waals surface area contributed by atoms with Gasteiger partial charge in [0.25, 0.3) is 5.69 Å². The first-order valence-electron chi connectivity index (χ1n) is 5.86. The smallest absolute Gasteiger partial charge is 0.270 e. The van der Waals surface area contributed by atoms with Gasteiger partial charge in [0.1, 0.15) is 0 Å². The van der Waals surface area contributed by atoms with E-state index in [1.54, 1.807) is 31.5 Å². The first-order valence-corrected chi connectivity index (χ1v) is 6.24. The van der Waals surface area contributed by atoms with Gasteiger partial charge in [0.05, 0.1) is 15.6 Å². The van der Waals surface area contributed by atoms with Crippen LogP contribution in [0, 0.1) is 10.1 Å². The normalized spacial score (nSPS) is 10.7. The number of para-hydroxylation sites is 1. The number of non-ortho nitro benzene ring substituents is 1. The van der Waals surface area contributed by atoms with Gasteiger partial charge < -0.3 is 5.32 Å². The standard InChI is InChI=1S/C14H12ClN3O2/c1-16-13-7-6-11(18(19)20)8-10(13)9-17-14-5-3-2-4-12(14)15/h2-9,16H,1H3. The Balaban J connectivity index is 2.39. The van der Waals surface area contributed by atoms with Crippen molar-refractivity contribution in [1.29, 1.82) is 0 Å². The number of hydrogen-bond acceptors (Lipinski definition) is 4. The molecule has 0 aliphatic heterocycles. The van der Waals surface area contributed by atoms with Crippen molar-refractivity contribution in [3.8, 4) is 0 Å². The van der Waals surface area contributed by atoms with Crippen LogP contribution in [0.1, 0.15) is 5.56 Å². The van der Waals surface area contributed by atoms with Crippen LogP contribution in [0.2, 0.25) is 5.02 Å². The number of aliphatic imine (C=N–C) groups is 1. The van der Waals surface area contributed by atoms with Gasteiger partial charge in [0, 0.05) is 36.6 Å². The number of halogens is 1. The summed E-state index contributed by atoms with van der Waals surface area (Å²) in [6.45, 7) is 0. The van der Waals surface area contributed by atoms with Crippen molar-refractivity contribution in [3.63, 3.8) is 0 Å². The molecule has 0 aliphatic rings. The molecule has 0 aliphatic carbocycles. The summed E-state index contributed by atoms with van der Waals surface area (Å²) >= 11 is 6.01. The first-order chi connectivity index (χ1) is 9.61. The van der Waals surface area contributed by atoms with Crippen LogP contribution >= 0.6 is 11.6 Å². The molecule has 0 spiro atoms. The number of nitro benzene ring substituents is 1. The van der Waals surface area contributed by atoms with Crippen molar-refractivity contribution in [2.24, 2.45) is 4.99 Å². The summed E-state index contributed by atoms with van der Waals surface area (Å²) in [5.74, 6) is 0. The van der Waals surface area contributed by atoms with E-state index in [-0.39, 0.29) is 5.69 Å². The zero-order valence-corrected chi connectivity index (χ0v) is 11.5. The van der Waals surface area contributed by atoms with Crippen LogP contribution in [0.25, 0.3) is 0 Å². The summed E-state index contributed by atoms with van der Waals surface area (Å²) in [6, 6.07) is 11.7. The largest absolute Gasteiger partial charge is 0.388 e. The number of anilines is 1. The number of nitrogens with zero attached hydrogens (tertiary/aromatic N) is 2. The van der Waals surface area contributed by atoms with E-state index >= 15 is 0 Å². The lowest BCUT2D eigenvalue weighted by Gasteiger charge is -2.04. The predicted molar refractivity (Wildman–Crippen MR) is 81.3 cm³/mol. The molecule has 102 valence electrons. The van der Waals surface area contributed by atoms with E-state index in [1.165, 1.54) is 12.1 Å². The molecule has 2 aromatic rings. The molecule has 2 aromatic carbocycles. The van der Waals surface area contributed by atoms with Crippen LogP contribution < -0.4 is 5.32 Å². The highest BCUT2D eigenvalue weighted by Crippen LogP contribution is 2.25. The van der Waals surface area contributed by atoms with Crippen LogP contribution in [-0.4, -0.2) is 18.2 Å². The zero-order valence-electron chi connectivity index (χ0n) is 10.7. The third kappa shape index (κ3) is 3.13. The lowest BCUT2D eigenvalue weighted by molar-refractivity contribution is -0.384. The summed E-state index contributed by atoms with van der Waals surface area (Å²) in [7, 11) is 1.74. The molecule has 0 aromatic heterocycles. The summed E-state index contributed by atoms with van der Waals surface area (Å²) in [5, 5.41) is 14.3. The molecule has 2 rings (SSSR count). The second-order valence-electron chi connectivity index (χ2n) is 3.99. The second kappa shape index (κ2) is 6.16. The number of hydrogen-bond donors (Lipinski definition) is 1. The minimum Gasteiger partial charge on any atom is -0.388 e. The predicted octanol–water partition coefficient (Wildman–Crippen LogP) is 4.04. The lowest BCUT2D eigenvalue weighted by Crippen LogP contribution is -1.97. The monoisotopic (exact) mass is 289 g/mol. The van der Waals surface area contributed by atoms with E-state index < -0.39 is 4.92 Å². The number of nitro groups is 1. The van der Waals surface area contributed by atoms with Crippen LogP contribution in [0.15, 0.2) is 47.5 Å². The molecule has 0 atom stereocenters. The highest BCUT2D eigenvalue weighted by molar-refractivity contribution is 6.33. The second-order valence-corrected chi connectivity index (χ2v) is 4.40. The molecule has 20 heavy (non-hydrogen) atoms. The van der Waals surface area contributed by atoms with E-state index in [9.17, 15) is 10.1 Å². The average molecular weight is 290 g/mol. The molecule has 0 saturated carbocycles. The van der Waals surface area contributed by atoms with Crippen LogP contribution in [0.5, 0.6) is 0 Å². The minimum atomic E-state index is -0.438. The van der Waals surface area contributed by atoms with Gasteiger partial charge in [0.15, 0.2) is 0 Å². The molecule has 6 heteroatoms. The molecule has 0 saturated heterocycles. The topological polar surface area (TPSA) is 67.5 Å². The first kappa shape index (κ1) is 14.0. The van der Waals surface area contributed by atoms with Crippen LogP contribution in [-0.2, 0) is 0 Å². The average Bonchev–Trinajstić information content (AvgIpc) is 2.46. The molecule has 0 radical (unpaired) electrons. The maximum absolute atomic E-state index is 10.8. The SMILES string of the molecule is CNc1ccc([N+](=O)[O-])cc1C=Nc1ccccc1Cl. The van der Waals surface area contributed by atoms with Crippen molar-refractivity contribution in [2.45, 2.75) is 0 Å². The fraction of sp³-hybridized carbons (Fsp3) is 0.0714. The molecule has 0 unspecified atom stereocenters. The Morgan fingerprint density at radius 3 is 2.70 bits per heavy atom. The molecule has 0 amide bonds. The highest BCUT2D eigenvalue weighted by Gasteiger charge is 2.08. The minimum absolute atomic E-state index is 0.0182. The fourth-order valence-electron chi connectivity index (χ4n) is 1.69. The van der Waals surface area contributed by atoms with E-state index in [4.69, 9.17) is 11.6 Å². The highest BCUT2D eigenvalue weighted by atomic mass is 35.5. The van der Waals surface area contributed by atoms with Gasteiger partial charge in [-0.3, -0.25) is 15.1 Å². The van der Waals surface area contributed by atoms with Gasteiger partial charge in [-0.1, -0.05) is 23.7 Å². The van der Waals surface area contributed by atoms with E-state index in [1.807, 2.05) is 12.1 Å². The Morgan fingerprint density at radius 1 is 1.30 bits per heavy atom. The number of benzene rings is 2. The van der Waals surface area contributed by atoms with Gasteiger partial charge in [-0.05, 0) is 18.2 Å². The van der Waals surface area contributed by atoms with Gasteiger partial charge in [-0.15, -0.1) is 0 Å². The molecule has 1 N–H and O–H groups in total. The lowest BCUT2D eigenvalue weighted by atomic mass is 10.1. The van der Waals surface area contributed by atoms with Crippen molar-refractivity contribution in [3.05, 3.63) is 63.2 Å². The Bertz CT molecular complexity index is 671. The van der Waals surface area contributed by atoms with Crippen molar-refractivity contribution in [1.82, 2.24) is 0 Å². The molecule has 5 nitrogen and oxygen atoms in total. The Hall–Kier alpha value is -2.40. The van der Waals surface area contributed by atoms with Crippen molar-refractivity contribution < 1.29 is 4.92 Å². The van der Waals surface area contributed by atoms with E-state index in [0.29, 0.717) is 16.3 Å². The third-order valence-electron chi connectivity index (χ3n) is 2.71. The summed E-state index contributed by atoms with van der Waals surface area (Å²) < 4.78 is 0. The number of nitrogens with one attached hydrogen (secondary N) is 1. The van der Waals surface area contributed by atoms with Crippen LogP contribution in [0.3, 0.4) is 0 Å². The van der Waals surface area contributed by atoms with Crippen LogP contribution in [0.4, 0.5) is 17.1 Å². The molecule has 0 heterocycles.